The van der Waals surface area contributed by atoms with Gasteiger partial charge in [0.25, 0.3) is 0 Å². The van der Waals surface area contributed by atoms with Crippen LogP contribution >= 0.6 is 0 Å². The largest absolute Gasteiger partial charge is 0.496 e. The molecule has 0 unspecified atom stereocenters. The van der Waals surface area contributed by atoms with Gasteiger partial charge in [0.2, 0.25) is 0 Å². The fraction of sp³-hybridized carbons (Fsp3) is 0.625. The van der Waals surface area contributed by atoms with Crippen molar-refractivity contribution in [3.05, 3.63) is 17.7 Å². The summed E-state index contributed by atoms with van der Waals surface area (Å²) >= 11 is 0. The van der Waals surface area contributed by atoms with E-state index in [2.05, 4.69) is 12.2 Å². The number of benzene rings is 1. The first-order valence-corrected chi connectivity index (χ1v) is 7.26. The number of methoxy groups -OCH3 is 3. The second kappa shape index (κ2) is 9.48. The van der Waals surface area contributed by atoms with Crippen LogP contribution in [0.4, 0.5) is 0 Å². The molecule has 0 saturated carbocycles. The second-order valence-electron chi connectivity index (χ2n) is 4.75. The fourth-order valence-corrected chi connectivity index (χ4v) is 2.14. The van der Waals surface area contributed by atoms with E-state index in [4.69, 9.17) is 14.2 Å². The van der Waals surface area contributed by atoms with Crippen LogP contribution in [0.2, 0.25) is 0 Å². The summed E-state index contributed by atoms with van der Waals surface area (Å²) in [4.78, 5) is 0. The highest BCUT2D eigenvalue weighted by atomic mass is 16.5. The first-order chi connectivity index (χ1) is 9.76. The molecule has 0 radical (unpaired) electrons. The molecule has 1 N–H and O–H groups in total. The molecule has 0 bridgehead atoms. The summed E-state index contributed by atoms with van der Waals surface area (Å²) < 4.78 is 16.1. The van der Waals surface area contributed by atoms with Crippen LogP contribution in [0.5, 0.6) is 17.2 Å². The van der Waals surface area contributed by atoms with Crippen LogP contribution in [-0.2, 0) is 6.54 Å². The third kappa shape index (κ3) is 4.93. The smallest absolute Gasteiger partial charge is 0.130 e. The maximum atomic E-state index is 5.43. The highest BCUT2D eigenvalue weighted by molar-refractivity contribution is 5.50. The average molecular weight is 281 g/mol. The first kappa shape index (κ1) is 16.6. The lowest BCUT2D eigenvalue weighted by atomic mass is 10.1. The standard InChI is InChI=1S/C16H27NO3/c1-5-6-7-8-9-17-12-14-15(19-3)10-13(18-2)11-16(14)20-4/h10-11,17H,5-9,12H2,1-4H3. The highest BCUT2D eigenvalue weighted by Crippen LogP contribution is 2.33. The fourth-order valence-electron chi connectivity index (χ4n) is 2.14. The Labute approximate surface area is 122 Å². The molecule has 4 heteroatoms. The molecule has 114 valence electrons. The van der Waals surface area contributed by atoms with E-state index in [1.165, 1.54) is 25.7 Å². The van der Waals surface area contributed by atoms with Gasteiger partial charge in [0.15, 0.2) is 0 Å². The van der Waals surface area contributed by atoms with Gasteiger partial charge in [-0.1, -0.05) is 26.2 Å². The second-order valence-corrected chi connectivity index (χ2v) is 4.75. The lowest BCUT2D eigenvalue weighted by molar-refractivity contribution is 0.366. The van der Waals surface area contributed by atoms with E-state index in [1.807, 2.05) is 12.1 Å². The molecule has 0 saturated heterocycles. The Hall–Kier alpha value is -1.42. The van der Waals surface area contributed by atoms with Crippen molar-refractivity contribution in [2.45, 2.75) is 39.2 Å². The van der Waals surface area contributed by atoms with Gasteiger partial charge in [-0.2, -0.15) is 0 Å². The summed E-state index contributed by atoms with van der Waals surface area (Å²) in [7, 11) is 4.97. The first-order valence-electron chi connectivity index (χ1n) is 7.26. The Kier molecular flexibility index (Phi) is 7.88. The summed E-state index contributed by atoms with van der Waals surface area (Å²) in [6.45, 7) is 3.97. The normalized spacial score (nSPS) is 10.4. The van der Waals surface area contributed by atoms with E-state index in [0.29, 0.717) is 0 Å². The third-order valence-electron chi connectivity index (χ3n) is 3.33. The zero-order valence-corrected chi connectivity index (χ0v) is 13.1. The summed E-state index contributed by atoms with van der Waals surface area (Å²) in [5.74, 6) is 2.33. The molecule has 0 spiro atoms. The monoisotopic (exact) mass is 281 g/mol. The zero-order chi connectivity index (χ0) is 14.8. The minimum Gasteiger partial charge on any atom is -0.496 e. The summed E-state index contributed by atoms with van der Waals surface area (Å²) in [5.41, 5.74) is 1.03. The molecule has 0 fully saturated rings. The Balaban J connectivity index is 2.63. The molecule has 1 aromatic carbocycles. The van der Waals surface area contributed by atoms with Crippen molar-refractivity contribution in [2.24, 2.45) is 0 Å². The summed E-state index contributed by atoms with van der Waals surface area (Å²) in [5, 5.41) is 3.45. The van der Waals surface area contributed by atoms with Crippen LogP contribution in [0.25, 0.3) is 0 Å². The maximum absolute atomic E-state index is 5.43. The van der Waals surface area contributed by atoms with Crippen molar-refractivity contribution in [1.82, 2.24) is 5.32 Å². The molecule has 1 aromatic rings. The van der Waals surface area contributed by atoms with Gasteiger partial charge in [-0.15, -0.1) is 0 Å². The van der Waals surface area contributed by atoms with Crippen LogP contribution < -0.4 is 19.5 Å². The van der Waals surface area contributed by atoms with Gasteiger partial charge >= 0.3 is 0 Å². The maximum Gasteiger partial charge on any atom is 0.130 e. The summed E-state index contributed by atoms with van der Waals surface area (Å²) in [6, 6.07) is 3.77. The Morgan fingerprint density at radius 1 is 0.900 bits per heavy atom. The van der Waals surface area contributed by atoms with E-state index in [9.17, 15) is 0 Å². The topological polar surface area (TPSA) is 39.7 Å². The van der Waals surface area contributed by atoms with Crippen LogP contribution in [-0.4, -0.2) is 27.9 Å². The Bertz CT molecular complexity index is 368. The minimum absolute atomic E-state index is 0.739. The molecular weight excluding hydrogens is 254 g/mol. The molecule has 0 aliphatic rings. The molecule has 1 rings (SSSR count). The number of hydrogen-bond donors (Lipinski definition) is 1. The van der Waals surface area contributed by atoms with Gasteiger partial charge in [0.1, 0.15) is 17.2 Å². The van der Waals surface area contributed by atoms with Crippen LogP contribution in [0.3, 0.4) is 0 Å². The third-order valence-corrected chi connectivity index (χ3v) is 3.33. The zero-order valence-electron chi connectivity index (χ0n) is 13.1. The molecule has 0 atom stereocenters. The Morgan fingerprint density at radius 2 is 1.55 bits per heavy atom. The van der Waals surface area contributed by atoms with Gasteiger partial charge in [-0.25, -0.2) is 0 Å². The number of unbranched alkanes of at least 4 members (excludes halogenated alkanes) is 3. The highest BCUT2D eigenvalue weighted by Gasteiger charge is 2.12. The van der Waals surface area contributed by atoms with Crippen LogP contribution in [0.15, 0.2) is 12.1 Å². The van der Waals surface area contributed by atoms with Crippen molar-refractivity contribution >= 4 is 0 Å². The SMILES string of the molecule is CCCCCCNCc1c(OC)cc(OC)cc1OC. The number of rotatable bonds is 10. The van der Waals surface area contributed by atoms with Gasteiger partial charge in [0, 0.05) is 18.7 Å². The van der Waals surface area contributed by atoms with E-state index in [0.717, 1.165) is 35.9 Å². The average Bonchev–Trinajstić information content (AvgIpc) is 2.50. The van der Waals surface area contributed by atoms with Gasteiger partial charge in [0.05, 0.1) is 26.9 Å². The van der Waals surface area contributed by atoms with Gasteiger partial charge in [-0.3, -0.25) is 0 Å². The lowest BCUT2D eigenvalue weighted by Crippen LogP contribution is -2.16. The van der Waals surface area contributed by atoms with Crippen molar-refractivity contribution in [3.8, 4) is 17.2 Å². The van der Waals surface area contributed by atoms with E-state index < -0.39 is 0 Å². The number of ether oxygens (including phenoxy) is 3. The molecule has 20 heavy (non-hydrogen) atoms. The minimum atomic E-state index is 0.739. The molecule has 0 aromatic heterocycles. The molecule has 0 amide bonds. The van der Waals surface area contributed by atoms with E-state index in [1.54, 1.807) is 21.3 Å². The molecule has 4 nitrogen and oxygen atoms in total. The quantitative estimate of drug-likeness (QED) is 0.667. The lowest BCUT2D eigenvalue weighted by Gasteiger charge is -2.15. The molecule has 0 aliphatic carbocycles. The molecule has 0 aliphatic heterocycles. The van der Waals surface area contributed by atoms with Gasteiger partial charge < -0.3 is 19.5 Å². The van der Waals surface area contributed by atoms with Crippen molar-refractivity contribution < 1.29 is 14.2 Å². The van der Waals surface area contributed by atoms with Gasteiger partial charge in [-0.05, 0) is 13.0 Å². The van der Waals surface area contributed by atoms with Crippen LogP contribution in [0, 0.1) is 0 Å². The molecular formula is C16H27NO3. The predicted octanol–water partition coefficient (Wildman–Crippen LogP) is 3.38. The predicted molar refractivity (Wildman–Crippen MR) is 81.9 cm³/mol. The number of nitrogens with one attached hydrogen (secondary N) is 1. The summed E-state index contributed by atoms with van der Waals surface area (Å²) in [6.07, 6.45) is 5.05. The van der Waals surface area contributed by atoms with Crippen molar-refractivity contribution in [2.75, 3.05) is 27.9 Å². The Morgan fingerprint density at radius 3 is 2.05 bits per heavy atom. The van der Waals surface area contributed by atoms with Crippen molar-refractivity contribution in [3.63, 3.8) is 0 Å². The van der Waals surface area contributed by atoms with Crippen molar-refractivity contribution in [1.29, 1.82) is 0 Å². The van der Waals surface area contributed by atoms with E-state index >= 15 is 0 Å². The molecule has 0 heterocycles. The van der Waals surface area contributed by atoms with Crippen LogP contribution in [0.1, 0.15) is 38.2 Å². The number of hydrogen-bond acceptors (Lipinski definition) is 4. The van der Waals surface area contributed by atoms with E-state index in [-0.39, 0.29) is 0 Å².